The Labute approximate surface area is 269 Å². The lowest BCUT2D eigenvalue weighted by Crippen LogP contribution is -2.78. The van der Waals surface area contributed by atoms with Crippen LogP contribution < -0.4 is 0 Å². The molecule has 3 saturated heterocycles. The maximum Gasteiger partial charge on any atom is 0.339 e. The third-order valence-electron chi connectivity index (χ3n) is 13.5. The Balaban J connectivity index is 1.44. The van der Waals surface area contributed by atoms with Gasteiger partial charge in [-0.2, -0.15) is 0 Å². The molecular weight excluding hydrogens is 596 g/mol. The zero-order chi connectivity index (χ0) is 33.2. The van der Waals surface area contributed by atoms with Crippen LogP contribution >= 0.6 is 0 Å². The number of esters is 4. The summed E-state index contributed by atoms with van der Waals surface area (Å²) in [4.78, 5) is 52.6. The molecule has 0 bridgehead atoms. The van der Waals surface area contributed by atoms with Gasteiger partial charge in [0.2, 0.25) is 0 Å². The minimum Gasteiger partial charge on any atom is -0.472 e. The monoisotopic (exact) mass is 642 g/mol. The molecule has 4 heterocycles. The molecule has 0 aromatic carbocycles. The molecule has 3 aliphatic carbocycles. The molecule has 3 saturated carbocycles. The fraction of sp³-hybridized carbons (Fsp3) is 0.771. The van der Waals surface area contributed by atoms with E-state index in [1.165, 1.54) is 13.8 Å². The Morgan fingerprint density at radius 2 is 1.72 bits per heavy atom. The van der Waals surface area contributed by atoms with Gasteiger partial charge in [0.25, 0.3) is 0 Å². The molecule has 6 aliphatic rings. The number of ether oxygens (including phenoxy) is 6. The molecule has 3 aliphatic heterocycles. The van der Waals surface area contributed by atoms with Gasteiger partial charge in [-0.1, -0.05) is 41.5 Å². The highest BCUT2D eigenvalue weighted by Crippen LogP contribution is 2.81. The normalized spacial score (nSPS) is 48.8. The molecule has 6 fully saturated rings. The molecule has 11 nitrogen and oxygen atoms in total. The molecule has 11 heteroatoms. The number of carbonyl (C=O) groups is 4. The summed E-state index contributed by atoms with van der Waals surface area (Å²) < 4.78 is 43.8. The topological polar surface area (TPSA) is 140 Å². The zero-order valence-corrected chi connectivity index (χ0v) is 28.0. The second-order valence-corrected chi connectivity index (χ2v) is 15.6. The van der Waals surface area contributed by atoms with Gasteiger partial charge < -0.3 is 32.8 Å². The lowest BCUT2D eigenvalue weighted by atomic mass is 9.34. The van der Waals surface area contributed by atoms with Gasteiger partial charge in [-0.25, -0.2) is 4.79 Å². The van der Waals surface area contributed by atoms with E-state index in [1.807, 2.05) is 19.9 Å². The Kier molecular flexibility index (Phi) is 6.92. The van der Waals surface area contributed by atoms with Crippen LogP contribution in [0.3, 0.4) is 0 Å². The van der Waals surface area contributed by atoms with Crippen molar-refractivity contribution in [2.24, 2.45) is 39.4 Å². The van der Waals surface area contributed by atoms with E-state index in [2.05, 4.69) is 27.7 Å². The molecule has 0 radical (unpaired) electrons. The van der Waals surface area contributed by atoms with E-state index in [9.17, 15) is 19.2 Å². The van der Waals surface area contributed by atoms with Crippen LogP contribution in [0.1, 0.15) is 92.7 Å². The molecule has 7 rings (SSSR count). The van der Waals surface area contributed by atoms with Crippen LogP contribution in [0.4, 0.5) is 0 Å². The molecule has 1 aromatic heterocycles. The highest BCUT2D eigenvalue weighted by atomic mass is 16.7. The Hall–Kier alpha value is -2.92. The Bertz CT molecular complexity index is 1460. The summed E-state index contributed by atoms with van der Waals surface area (Å²) in [5.41, 5.74) is -3.39. The first kappa shape index (κ1) is 31.7. The second-order valence-electron chi connectivity index (χ2n) is 15.6. The minimum absolute atomic E-state index is 0.242. The van der Waals surface area contributed by atoms with Gasteiger partial charge in [0.15, 0.2) is 6.10 Å². The molecule has 46 heavy (non-hydrogen) atoms. The van der Waals surface area contributed by atoms with E-state index in [1.54, 1.807) is 12.5 Å². The van der Waals surface area contributed by atoms with Gasteiger partial charge in [0.05, 0.1) is 31.2 Å². The highest BCUT2D eigenvalue weighted by Gasteiger charge is 2.91. The number of hydrogen-bond donors (Lipinski definition) is 0. The van der Waals surface area contributed by atoms with E-state index in [0.717, 1.165) is 5.56 Å². The van der Waals surface area contributed by atoms with Crippen LogP contribution in [-0.4, -0.2) is 66.6 Å². The molecule has 0 unspecified atom stereocenters. The standard InChI is InChI=1S/C35H46O11/c1-9-17(2)29(38)45-27-24-25-31(5,16-41-24)22(42-18(3)36)14-23(43-19(4)37)33(25,7)21-10-12-32(6)26(20-11-13-40-15-20)44-30(39)28-35(32,46-28)34(21,27)8/h11,13,15,17,21-28H,9-10,12,14,16H2,1-8H3/t17-,21+,22+,23-,24+,25-,26-,27+,28-,31+,32-,33-,34-,35-/m0/s1. The Morgan fingerprint density at radius 1 is 1.02 bits per heavy atom. The van der Waals surface area contributed by atoms with Crippen molar-refractivity contribution < 1.29 is 52.0 Å². The molecular formula is C35H46O11. The first-order valence-electron chi connectivity index (χ1n) is 16.7. The fourth-order valence-electron chi connectivity index (χ4n) is 11.4. The van der Waals surface area contributed by atoms with Crippen molar-refractivity contribution in [3.8, 4) is 0 Å². The molecule has 1 aromatic rings. The number of cyclic esters (lactones) is 1. The summed E-state index contributed by atoms with van der Waals surface area (Å²) in [6, 6.07) is 1.81. The summed E-state index contributed by atoms with van der Waals surface area (Å²) in [6.45, 7) is 15.2. The van der Waals surface area contributed by atoms with Crippen molar-refractivity contribution in [3.63, 3.8) is 0 Å². The minimum atomic E-state index is -1.08. The number of furan rings is 1. The molecule has 0 N–H and O–H groups in total. The van der Waals surface area contributed by atoms with E-state index in [-0.39, 0.29) is 30.3 Å². The molecule has 14 atom stereocenters. The van der Waals surface area contributed by atoms with Crippen LogP contribution in [0.5, 0.6) is 0 Å². The van der Waals surface area contributed by atoms with Crippen LogP contribution in [0.2, 0.25) is 0 Å². The van der Waals surface area contributed by atoms with Gasteiger partial charge in [0, 0.05) is 53.4 Å². The van der Waals surface area contributed by atoms with Gasteiger partial charge in [0.1, 0.15) is 30.0 Å². The van der Waals surface area contributed by atoms with Crippen molar-refractivity contribution in [2.75, 3.05) is 6.61 Å². The maximum absolute atomic E-state index is 13.8. The second kappa shape index (κ2) is 10.0. The van der Waals surface area contributed by atoms with Crippen molar-refractivity contribution >= 4 is 23.9 Å². The van der Waals surface area contributed by atoms with Crippen LogP contribution in [0.25, 0.3) is 0 Å². The SMILES string of the molecule is CC[C@H](C)C(=O)O[C@@H]1[C@@H]2OC[C@]3(C)[C@H](OC(C)=O)C[C@H](OC(C)=O)[C@](C)([C@H]4CC[C@@]5(C)[C@H](c6ccoc6)OC(=O)[C@@H]6O[C@@]65[C@]14C)[C@@H]23. The van der Waals surface area contributed by atoms with E-state index < -0.39 is 81.8 Å². The van der Waals surface area contributed by atoms with Crippen molar-refractivity contribution in [3.05, 3.63) is 24.2 Å². The molecule has 0 amide bonds. The summed E-state index contributed by atoms with van der Waals surface area (Å²) in [5.74, 6) is -2.58. The molecule has 1 spiro atoms. The van der Waals surface area contributed by atoms with Crippen LogP contribution in [0.15, 0.2) is 23.0 Å². The lowest BCUT2D eigenvalue weighted by molar-refractivity contribution is -0.306. The first-order valence-corrected chi connectivity index (χ1v) is 16.7. The quantitative estimate of drug-likeness (QED) is 0.242. The number of rotatable bonds is 6. The zero-order valence-electron chi connectivity index (χ0n) is 28.0. The number of fused-ring (bicyclic) bond motifs is 2. The van der Waals surface area contributed by atoms with Crippen LogP contribution in [-0.2, 0) is 47.6 Å². The lowest BCUT2D eigenvalue weighted by Gasteiger charge is -2.71. The van der Waals surface area contributed by atoms with E-state index in [0.29, 0.717) is 25.7 Å². The highest BCUT2D eigenvalue weighted by molar-refractivity contribution is 5.82. The van der Waals surface area contributed by atoms with E-state index >= 15 is 0 Å². The van der Waals surface area contributed by atoms with Gasteiger partial charge >= 0.3 is 23.9 Å². The molecule has 252 valence electrons. The summed E-state index contributed by atoms with van der Waals surface area (Å²) in [7, 11) is 0. The predicted molar refractivity (Wildman–Crippen MR) is 159 cm³/mol. The predicted octanol–water partition coefficient (Wildman–Crippen LogP) is 4.70. The third kappa shape index (κ3) is 3.73. The summed E-state index contributed by atoms with van der Waals surface area (Å²) in [6.07, 6.45) is 1.16. The summed E-state index contributed by atoms with van der Waals surface area (Å²) in [5, 5.41) is 0. The average molecular weight is 643 g/mol. The number of carbonyl (C=O) groups excluding carboxylic acids is 4. The number of hydrogen-bond acceptors (Lipinski definition) is 11. The number of epoxide rings is 1. The maximum atomic E-state index is 13.8. The van der Waals surface area contributed by atoms with Crippen LogP contribution in [0, 0.1) is 39.4 Å². The Morgan fingerprint density at radius 3 is 2.35 bits per heavy atom. The van der Waals surface area contributed by atoms with Gasteiger partial charge in [-0.05, 0) is 31.2 Å². The van der Waals surface area contributed by atoms with Crippen molar-refractivity contribution in [1.82, 2.24) is 0 Å². The average Bonchev–Trinajstić information content (AvgIpc) is 3.36. The fourth-order valence-corrected chi connectivity index (χ4v) is 11.4. The van der Waals surface area contributed by atoms with Crippen molar-refractivity contribution in [2.45, 2.75) is 123 Å². The third-order valence-corrected chi connectivity index (χ3v) is 13.5. The summed E-state index contributed by atoms with van der Waals surface area (Å²) >= 11 is 0. The van der Waals surface area contributed by atoms with Gasteiger partial charge in [-0.3, -0.25) is 14.4 Å². The van der Waals surface area contributed by atoms with Gasteiger partial charge in [-0.15, -0.1) is 0 Å². The first-order chi connectivity index (χ1) is 21.6. The largest absolute Gasteiger partial charge is 0.472 e. The smallest absolute Gasteiger partial charge is 0.339 e. The van der Waals surface area contributed by atoms with E-state index in [4.69, 9.17) is 32.8 Å². The van der Waals surface area contributed by atoms with Crippen molar-refractivity contribution in [1.29, 1.82) is 0 Å².